The van der Waals surface area contributed by atoms with Gasteiger partial charge in [-0.25, -0.2) is 4.98 Å². The number of rotatable bonds is 7. The zero-order valence-electron chi connectivity index (χ0n) is 17.6. The minimum absolute atomic E-state index is 0.319. The molecule has 2 amide bonds. The van der Waals surface area contributed by atoms with Gasteiger partial charge < -0.3 is 25.4 Å². The summed E-state index contributed by atoms with van der Waals surface area (Å²) >= 11 is 0. The minimum atomic E-state index is -1.31. The summed E-state index contributed by atoms with van der Waals surface area (Å²) in [5.74, 6) is 0.622. The molecule has 1 saturated carbocycles. The van der Waals surface area contributed by atoms with Gasteiger partial charge in [-0.15, -0.1) is 0 Å². The molecule has 33 heavy (non-hydrogen) atoms. The fraction of sp³-hybridized carbons (Fsp3) is 0.167. The van der Waals surface area contributed by atoms with Crippen molar-refractivity contribution in [3.05, 3.63) is 66.8 Å². The van der Waals surface area contributed by atoms with E-state index in [4.69, 9.17) is 25.4 Å². The maximum Gasteiger partial charge on any atom is 0.233 e. The SMILES string of the molecule is COc1cc2nccc(Oc3ccc(C4CC4(C(N)=O)C(N)=O)cc3)c2cc1-c1cnco1. The molecule has 0 radical (unpaired) electrons. The van der Waals surface area contributed by atoms with E-state index in [1.54, 1.807) is 49.8 Å². The van der Waals surface area contributed by atoms with Crippen LogP contribution in [0.3, 0.4) is 0 Å². The van der Waals surface area contributed by atoms with E-state index in [1.165, 1.54) is 6.39 Å². The van der Waals surface area contributed by atoms with Crippen molar-refractivity contribution in [2.45, 2.75) is 12.3 Å². The van der Waals surface area contributed by atoms with Gasteiger partial charge in [0.15, 0.2) is 12.2 Å². The van der Waals surface area contributed by atoms with Crippen LogP contribution in [-0.4, -0.2) is 28.9 Å². The van der Waals surface area contributed by atoms with Crippen molar-refractivity contribution in [1.29, 1.82) is 0 Å². The van der Waals surface area contributed by atoms with Crippen molar-refractivity contribution in [2.75, 3.05) is 7.11 Å². The lowest BCUT2D eigenvalue weighted by Gasteiger charge is -2.13. The molecule has 1 aliphatic carbocycles. The monoisotopic (exact) mass is 444 g/mol. The number of nitrogens with two attached hydrogens (primary N) is 2. The summed E-state index contributed by atoms with van der Waals surface area (Å²) < 4.78 is 17.1. The maximum absolute atomic E-state index is 11.8. The maximum atomic E-state index is 11.8. The summed E-state index contributed by atoms with van der Waals surface area (Å²) in [6, 6.07) is 12.6. The molecule has 4 N–H and O–H groups in total. The van der Waals surface area contributed by atoms with Gasteiger partial charge in [-0.2, -0.15) is 0 Å². The van der Waals surface area contributed by atoms with E-state index in [-0.39, 0.29) is 5.92 Å². The van der Waals surface area contributed by atoms with Crippen LogP contribution < -0.4 is 20.9 Å². The quantitative estimate of drug-likeness (QED) is 0.417. The molecule has 4 aromatic rings. The number of pyridine rings is 1. The Morgan fingerprint density at radius 2 is 1.85 bits per heavy atom. The third-order valence-electron chi connectivity index (χ3n) is 6.07. The molecule has 2 aromatic carbocycles. The fourth-order valence-electron chi connectivity index (χ4n) is 4.17. The number of hydrogen-bond donors (Lipinski definition) is 2. The van der Waals surface area contributed by atoms with E-state index in [9.17, 15) is 9.59 Å². The Labute approximate surface area is 188 Å². The Morgan fingerprint density at radius 3 is 2.45 bits per heavy atom. The van der Waals surface area contributed by atoms with Crippen LogP contribution in [0.1, 0.15) is 17.9 Å². The molecule has 2 heterocycles. The van der Waals surface area contributed by atoms with E-state index >= 15 is 0 Å². The smallest absolute Gasteiger partial charge is 0.233 e. The lowest BCUT2D eigenvalue weighted by Crippen LogP contribution is -2.38. The Kier molecular flexibility index (Phi) is 4.74. The second-order valence-electron chi connectivity index (χ2n) is 7.87. The Balaban J connectivity index is 1.46. The lowest BCUT2D eigenvalue weighted by molar-refractivity contribution is -0.133. The van der Waals surface area contributed by atoms with Gasteiger partial charge in [0.25, 0.3) is 0 Å². The zero-order chi connectivity index (χ0) is 23.2. The first-order valence-electron chi connectivity index (χ1n) is 10.2. The van der Waals surface area contributed by atoms with Crippen molar-refractivity contribution < 1.29 is 23.5 Å². The van der Waals surface area contributed by atoms with Crippen LogP contribution in [0.25, 0.3) is 22.2 Å². The van der Waals surface area contributed by atoms with Crippen LogP contribution in [0.2, 0.25) is 0 Å². The number of oxazole rings is 1. The Bertz CT molecular complexity index is 1350. The first-order chi connectivity index (χ1) is 15.9. The molecule has 1 fully saturated rings. The van der Waals surface area contributed by atoms with Crippen LogP contribution in [0.15, 0.2) is 65.7 Å². The van der Waals surface area contributed by atoms with Gasteiger partial charge in [0.05, 0.1) is 24.4 Å². The van der Waals surface area contributed by atoms with Crippen molar-refractivity contribution in [3.8, 4) is 28.6 Å². The second kappa shape index (κ2) is 7.63. The van der Waals surface area contributed by atoms with Crippen LogP contribution in [0.4, 0.5) is 0 Å². The summed E-state index contributed by atoms with van der Waals surface area (Å²) in [4.78, 5) is 31.9. The number of carbonyl (C=O) groups is 2. The number of hydrogen-bond acceptors (Lipinski definition) is 7. The molecule has 5 rings (SSSR count). The first kappa shape index (κ1) is 20.5. The number of nitrogens with zero attached hydrogens (tertiary/aromatic N) is 2. The predicted molar refractivity (Wildman–Crippen MR) is 118 cm³/mol. The normalized spacial score (nSPS) is 16.3. The van der Waals surface area contributed by atoms with E-state index in [0.717, 1.165) is 16.5 Å². The second-order valence-corrected chi connectivity index (χ2v) is 7.87. The topological polar surface area (TPSA) is 144 Å². The molecule has 166 valence electrons. The molecule has 0 aliphatic heterocycles. The molecule has 1 unspecified atom stereocenters. The molecular weight excluding hydrogens is 424 g/mol. The number of carbonyl (C=O) groups excluding carboxylic acids is 2. The predicted octanol–water partition coefficient (Wildman–Crippen LogP) is 3.14. The number of benzene rings is 2. The molecule has 0 saturated heterocycles. The number of methoxy groups -OCH3 is 1. The van der Waals surface area contributed by atoms with Crippen LogP contribution in [-0.2, 0) is 9.59 Å². The average Bonchev–Trinajstić information content (AvgIpc) is 3.37. The number of aromatic nitrogens is 2. The molecule has 0 bridgehead atoms. The van der Waals surface area contributed by atoms with Crippen molar-refractivity contribution >= 4 is 22.7 Å². The highest BCUT2D eigenvalue weighted by atomic mass is 16.5. The fourth-order valence-corrected chi connectivity index (χ4v) is 4.17. The molecule has 1 aliphatic rings. The van der Waals surface area contributed by atoms with Gasteiger partial charge in [0.1, 0.15) is 22.7 Å². The number of fused-ring (bicyclic) bond motifs is 1. The lowest BCUT2D eigenvalue weighted by atomic mass is 9.97. The van der Waals surface area contributed by atoms with Gasteiger partial charge in [-0.3, -0.25) is 14.6 Å². The molecular formula is C24H20N4O5. The third kappa shape index (κ3) is 3.34. The number of primary amides is 2. The van der Waals surface area contributed by atoms with E-state index < -0.39 is 17.2 Å². The Hall–Kier alpha value is -4.40. The third-order valence-corrected chi connectivity index (χ3v) is 6.07. The highest BCUT2D eigenvalue weighted by Crippen LogP contribution is 2.59. The number of ether oxygens (including phenoxy) is 2. The molecule has 2 aromatic heterocycles. The van der Waals surface area contributed by atoms with Crippen LogP contribution in [0.5, 0.6) is 17.2 Å². The summed E-state index contributed by atoms with van der Waals surface area (Å²) in [5.41, 5.74) is 11.8. The van der Waals surface area contributed by atoms with Gasteiger partial charge in [0.2, 0.25) is 11.8 Å². The van der Waals surface area contributed by atoms with Gasteiger partial charge >= 0.3 is 0 Å². The zero-order valence-corrected chi connectivity index (χ0v) is 17.6. The molecule has 0 spiro atoms. The summed E-state index contributed by atoms with van der Waals surface area (Å²) in [6.45, 7) is 0. The van der Waals surface area contributed by atoms with Gasteiger partial charge in [0, 0.05) is 23.6 Å². The largest absolute Gasteiger partial charge is 0.496 e. The van der Waals surface area contributed by atoms with Crippen LogP contribution in [0, 0.1) is 5.41 Å². The molecule has 9 nitrogen and oxygen atoms in total. The Morgan fingerprint density at radius 1 is 1.09 bits per heavy atom. The highest BCUT2D eigenvalue weighted by molar-refractivity contribution is 6.08. The summed E-state index contributed by atoms with van der Waals surface area (Å²) in [7, 11) is 1.58. The van der Waals surface area contributed by atoms with E-state index in [1.807, 2.05) is 12.1 Å². The van der Waals surface area contributed by atoms with Crippen molar-refractivity contribution in [2.24, 2.45) is 16.9 Å². The van der Waals surface area contributed by atoms with Gasteiger partial charge in [-0.05, 0) is 36.2 Å². The van der Waals surface area contributed by atoms with Crippen LogP contribution >= 0.6 is 0 Å². The van der Waals surface area contributed by atoms with E-state index in [0.29, 0.717) is 34.9 Å². The molecule has 9 heteroatoms. The van der Waals surface area contributed by atoms with Gasteiger partial charge in [-0.1, -0.05) is 12.1 Å². The number of amides is 2. The summed E-state index contributed by atoms with van der Waals surface area (Å²) in [5, 5.41) is 0.762. The van der Waals surface area contributed by atoms with E-state index in [2.05, 4.69) is 9.97 Å². The highest BCUT2D eigenvalue weighted by Gasteiger charge is 2.64. The standard InChI is InChI=1S/C24H20N4O5/c1-31-20-9-18-15(8-16(20)21-11-27-12-32-21)19(6-7-28-18)33-14-4-2-13(3-5-14)17-10-24(17,22(25)29)23(26)30/h2-9,11-12,17H,10H2,1H3,(H2,25,29)(H2,26,30). The first-order valence-corrected chi connectivity index (χ1v) is 10.2. The average molecular weight is 444 g/mol. The summed E-state index contributed by atoms with van der Waals surface area (Å²) in [6.07, 6.45) is 4.93. The minimum Gasteiger partial charge on any atom is -0.496 e. The van der Waals surface area contributed by atoms with Crippen molar-refractivity contribution in [3.63, 3.8) is 0 Å². The van der Waals surface area contributed by atoms with Crippen molar-refractivity contribution in [1.82, 2.24) is 9.97 Å². The molecule has 1 atom stereocenters.